The SMILES string of the molecule is Cc1ccc(S(=O)(=O)Nc2cccc3c2c(C=O)cn3S(=O)(=O)c2ccc(C)cc2)cc1. The molecule has 0 aliphatic rings. The van der Waals surface area contributed by atoms with Gasteiger partial charge in [0.05, 0.1) is 21.0 Å². The zero-order chi connectivity index (χ0) is 23.1. The molecule has 0 bridgehead atoms. The topological polar surface area (TPSA) is 102 Å². The maximum Gasteiger partial charge on any atom is 0.268 e. The maximum atomic E-state index is 13.2. The average Bonchev–Trinajstić information content (AvgIpc) is 3.15. The number of hydrogen-bond donors (Lipinski definition) is 1. The predicted molar refractivity (Wildman–Crippen MR) is 123 cm³/mol. The van der Waals surface area contributed by atoms with Gasteiger partial charge in [-0.2, -0.15) is 0 Å². The van der Waals surface area contributed by atoms with E-state index >= 15 is 0 Å². The van der Waals surface area contributed by atoms with Gasteiger partial charge in [0.2, 0.25) is 0 Å². The highest BCUT2D eigenvalue weighted by Gasteiger charge is 2.24. The van der Waals surface area contributed by atoms with Crippen LogP contribution in [0.5, 0.6) is 0 Å². The summed E-state index contributed by atoms with van der Waals surface area (Å²) in [6.07, 6.45) is 1.71. The summed E-state index contributed by atoms with van der Waals surface area (Å²) in [5, 5.41) is 0.203. The van der Waals surface area contributed by atoms with Gasteiger partial charge in [-0.3, -0.25) is 9.52 Å². The number of nitrogens with zero attached hydrogens (tertiary/aromatic N) is 1. The zero-order valence-corrected chi connectivity index (χ0v) is 18.9. The third-order valence-electron chi connectivity index (χ3n) is 5.11. The van der Waals surface area contributed by atoms with E-state index in [1.807, 2.05) is 13.8 Å². The van der Waals surface area contributed by atoms with E-state index < -0.39 is 20.0 Å². The van der Waals surface area contributed by atoms with E-state index in [0.717, 1.165) is 15.1 Å². The fourth-order valence-electron chi connectivity index (χ4n) is 3.41. The highest BCUT2D eigenvalue weighted by Crippen LogP contribution is 2.32. The van der Waals surface area contributed by atoms with Crippen molar-refractivity contribution in [2.75, 3.05) is 4.72 Å². The van der Waals surface area contributed by atoms with Crippen molar-refractivity contribution in [1.82, 2.24) is 3.97 Å². The number of rotatable bonds is 6. The first-order valence-corrected chi connectivity index (χ1v) is 12.6. The van der Waals surface area contributed by atoms with Crippen LogP contribution in [-0.4, -0.2) is 27.1 Å². The smallest absolute Gasteiger partial charge is 0.268 e. The number of hydrogen-bond acceptors (Lipinski definition) is 5. The Balaban J connectivity index is 1.87. The first kappa shape index (κ1) is 21.8. The Bertz CT molecular complexity index is 1530. The van der Waals surface area contributed by atoms with Crippen molar-refractivity contribution in [2.45, 2.75) is 23.6 Å². The van der Waals surface area contributed by atoms with E-state index in [0.29, 0.717) is 6.29 Å². The van der Waals surface area contributed by atoms with Crippen LogP contribution in [0.1, 0.15) is 21.5 Å². The van der Waals surface area contributed by atoms with Crippen LogP contribution < -0.4 is 4.72 Å². The number of sulfonamides is 1. The zero-order valence-electron chi connectivity index (χ0n) is 17.3. The molecule has 0 fully saturated rings. The number of nitrogens with one attached hydrogen (secondary N) is 1. The Morgan fingerprint density at radius 3 is 1.91 bits per heavy atom. The largest absolute Gasteiger partial charge is 0.298 e. The molecule has 0 aliphatic carbocycles. The number of anilines is 1. The molecule has 32 heavy (non-hydrogen) atoms. The van der Waals surface area contributed by atoms with Crippen LogP contribution in [-0.2, 0) is 20.0 Å². The number of aryl methyl sites for hydroxylation is 2. The number of carbonyl (C=O) groups is 1. The third kappa shape index (κ3) is 3.80. The fourth-order valence-corrected chi connectivity index (χ4v) is 5.85. The molecule has 0 saturated heterocycles. The standard InChI is InChI=1S/C23H20N2O5S2/c1-16-6-10-19(11-7-16)31(27,28)24-21-4-3-5-22-23(21)18(15-26)14-25(22)32(29,30)20-12-8-17(2)9-13-20/h3-15,24H,1-2H3. The van der Waals surface area contributed by atoms with Crippen molar-refractivity contribution in [2.24, 2.45) is 0 Å². The Morgan fingerprint density at radius 1 is 0.781 bits per heavy atom. The first-order chi connectivity index (χ1) is 15.1. The van der Waals surface area contributed by atoms with Crippen molar-refractivity contribution >= 4 is 42.9 Å². The number of aromatic nitrogens is 1. The van der Waals surface area contributed by atoms with Crippen LogP contribution in [0.25, 0.3) is 10.9 Å². The van der Waals surface area contributed by atoms with Crippen LogP contribution >= 0.6 is 0 Å². The summed E-state index contributed by atoms with van der Waals surface area (Å²) in [6.45, 7) is 3.69. The molecule has 1 N–H and O–H groups in total. The van der Waals surface area contributed by atoms with E-state index in [1.165, 1.54) is 48.7 Å². The molecule has 164 valence electrons. The molecule has 0 aliphatic heterocycles. The summed E-state index contributed by atoms with van der Waals surface area (Å²) >= 11 is 0. The molecular formula is C23H20N2O5S2. The number of fused-ring (bicyclic) bond motifs is 1. The lowest BCUT2D eigenvalue weighted by Crippen LogP contribution is -2.14. The highest BCUT2D eigenvalue weighted by molar-refractivity contribution is 7.92. The molecule has 1 heterocycles. The summed E-state index contributed by atoms with van der Waals surface area (Å²) in [4.78, 5) is 11.9. The van der Waals surface area contributed by atoms with Gasteiger partial charge in [0.15, 0.2) is 6.29 Å². The second-order valence-corrected chi connectivity index (χ2v) is 10.9. The fraction of sp³-hybridized carbons (Fsp3) is 0.0870. The van der Waals surface area contributed by atoms with Crippen LogP contribution in [0.15, 0.2) is 82.7 Å². The quantitative estimate of drug-likeness (QED) is 0.429. The highest BCUT2D eigenvalue weighted by atomic mass is 32.2. The second kappa shape index (κ2) is 7.92. The third-order valence-corrected chi connectivity index (χ3v) is 8.17. The molecule has 9 heteroatoms. The second-order valence-electron chi connectivity index (χ2n) is 7.43. The molecule has 4 aromatic rings. The maximum absolute atomic E-state index is 13.2. The summed E-state index contributed by atoms with van der Waals surface area (Å²) in [7, 11) is -7.96. The van der Waals surface area contributed by atoms with E-state index in [4.69, 9.17) is 0 Å². The Kier molecular flexibility index (Phi) is 5.39. The Hall–Kier alpha value is -3.43. The van der Waals surface area contributed by atoms with Gasteiger partial charge in [-0.25, -0.2) is 20.8 Å². The van der Waals surface area contributed by atoms with Crippen molar-refractivity contribution in [3.63, 3.8) is 0 Å². The molecule has 3 aromatic carbocycles. The molecule has 0 spiro atoms. The molecule has 0 radical (unpaired) electrons. The normalized spacial score (nSPS) is 12.1. The Labute approximate surface area is 186 Å². The number of carbonyl (C=O) groups excluding carboxylic acids is 1. The Morgan fingerprint density at radius 2 is 1.34 bits per heavy atom. The van der Waals surface area contributed by atoms with Crippen LogP contribution in [0.2, 0.25) is 0 Å². The lowest BCUT2D eigenvalue weighted by atomic mass is 10.1. The molecule has 0 saturated carbocycles. The van der Waals surface area contributed by atoms with Gasteiger partial charge >= 0.3 is 0 Å². The van der Waals surface area contributed by atoms with E-state index in [2.05, 4.69) is 4.72 Å². The van der Waals surface area contributed by atoms with E-state index in [1.54, 1.807) is 24.3 Å². The van der Waals surface area contributed by atoms with Crippen LogP contribution in [0.4, 0.5) is 5.69 Å². The van der Waals surface area contributed by atoms with Crippen LogP contribution in [0.3, 0.4) is 0 Å². The number of benzene rings is 3. The van der Waals surface area contributed by atoms with Crippen molar-refractivity contribution in [1.29, 1.82) is 0 Å². The molecule has 0 atom stereocenters. The van der Waals surface area contributed by atoms with E-state index in [9.17, 15) is 21.6 Å². The molecule has 7 nitrogen and oxygen atoms in total. The van der Waals surface area contributed by atoms with Gasteiger partial charge in [-0.05, 0) is 50.2 Å². The predicted octanol–water partition coefficient (Wildman–Crippen LogP) is 4.11. The summed E-state index contributed by atoms with van der Waals surface area (Å²) in [5.74, 6) is 0. The lowest BCUT2D eigenvalue weighted by Gasteiger charge is -2.11. The lowest BCUT2D eigenvalue weighted by molar-refractivity contribution is 0.112. The molecule has 0 amide bonds. The van der Waals surface area contributed by atoms with Crippen LogP contribution in [0, 0.1) is 13.8 Å². The molecule has 1 aromatic heterocycles. The number of aldehydes is 1. The van der Waals surface area contributed by atoms with Gasteiger partial charge in [0.1, 0.15) is 0 Å². The van der Waals surface area contributed by atoms with E-state index in [-0.39, 0.29) is 31.9 Å². The van der Waals surface area contributed by atoms with Crippen molar-refractivity contribution in [3.05, 3.63) is 89.6 Å². The average molecular weight is 469 g/mol. The molecule has 4 rings (SSSR count). The van der Waals surface area contributed by atoms with Gasteiger partial charge in [0.25, 0.3) is 20.0 Å². The first-order valence-electron chi connectivity index (χ1n) is 9.64. The minimum absolute atomic E-state index is 0.0536. The molecule has 0 unspecified atom stereocenters. The summed E-state index contributed by atoms with van der Waals surface area (Å²) in [6, 6.07) is 17.2. The minimum Gasteiger partial charge on any atom is -0.298 e. The molecular weight excluding hydrogens is 448 g/mol. The van der Waals surface area contributed by atoms with Gasteiger partial charge in [-0.1, -0.05) is 41.5 Å². The minimum atomic E-state index is -4.01. The van der Waals surface area contributed by atoms with Gasteiger partial charge in [0, 0.05) is 17.1 Å². The van der Waals surface area contributed by atoms with Gasteiger partial charge in [-0.15, -0.1) is 0 Å². The monoisotopic (exact) mass is 468 g/mol. The van der Waals surface area contributed by atoms with Gasteiger partial charge < -0.3 is 0 Å². The van der Waals surface area contributed by atoms with Crippen molar-refractivity contribution < 1.29 is 21.6 Å². The van der Waals surface area contributed by atoms with Crippen molar-refractivity contribution in [3.8, 4) is 0 Å². The summed E-state index contributed by atoms with van der Waals surface area (Å²) in [5.41, 5.74) is 2.17. The summed E-state index contributed by atoms with van der Waals surface area (Å²) < 4.78 is 55.8.